The number of hydrogen-bond acceptors (Lipinski definition) is 8. The minimum atomic E-state index is -3.77. The highest BCUT2D eigenvalue weighted by atomic mass is 32.2. The van der Waals surface area contributed by atoms with Crippen molar-refractivity contribution < 1.29 is 32.2 Å². The van der Waals surface area contributed by atoms with Crippen molar-refractivity contribution in [3.05, 3.63) is 34.2 Å². The number of rotatable bonds is 7. The predicted octanol–water partition coefficient (Wildman–Crippen LogP) is 2.55. The fourth-order valence-corrected chi connectivity index (χ4v) is 5.79. The molecule has 166 valence electrons. The molecule has 1 aromatic heterocycles. The van der Waals surface area contributed by atoms with Gasteiger partial charge in [-0.15, -0.1) is 11.3 Å². The third-order valence-corrected chi connectivity index (χ3v) is 7.33. The van der Waals surface area contributed by atoms with Gasteiger partial charge in [-0.1, -0.05) is 0 Å². The molecule has 0 radical (unpaired) electrons. The van der Waals surface area contributed by atoms with Gasteiger partial charge >= 0.3 is 5.97 Å². The first-order valence-electron chi connectivity index (χ1n) is 9.76. The number of carbonyl (C=O) groups excluding carboxylic acids is 2. The quantitative estimate of drug-likeness (QED) is 0.624. The van der Waals surface area contributed by atoms with Crippen molar-refractivity contribution >= 4 is 43.9 Å². The first-order valence-corrected chi connectivity index (χ1v) is 12.4. The maximum Gasteiger partial charge on any atom is 0.341 e. The van der Waals surface area contributed by atoms with Crippen LogP contribution in [-0.2, 0) is 32.4 Å². The first-order chi connectivity index (χ1) is 14.8. The van der Waals surface area contributed by atoms with Crippen molar-refractivity contribution in [3.8, 4) is 11.5 Å². The number of anilines is 2. The van der Waals surface area contributed by atoms with Crippen LogP contribution in [-0.4, -0.2) is 46.5 Å². The Hall–Kier alpha value is -2.79. The molecule has 1 amide bonds. The molecule has 0 atom stereocenters. The average Bonchev–Trinajstić information content (AvgIpc) is 3.40. The van der Waals surface area contributed by atoms with Crippen LogP contribution in [0.15, 0.2) is 18.2 Å². The highest BCUT2D eigenvalue weighted by Crippen LogP contribution is 2.40. The summed E-state index contributed by atoms with van der Waals surface area (Å²) in [4.78, 5) is 26.3. The highest BCUT2D eigenvalue weighted by molar-refractivity contribution is 7.92. The second-order valence-corrected chi connectivity index (χ2v) is 10.1. The lowest BCUT2D eigenvalue weighted by Gasteiger charge is -2.22. The Kier molecular flexibility index (Phi) is 5.80. The highest BCUT2D eigenvalue weighted by Gasteiger charge is 2.30. The molecular weight excluding hydrogens is 444 g/mol. The van der Waals surface area contributed by atoms with Crippen LogP contribution in [0.2, 0.25) is 0 Å². The fourth-order valence-electron chi connectivity index (χ4n) is 3.65. The fraction of sp³-hybridized carbons (Fsp3) is 0.400. The van der Waals surface area contributed by atoms with Gasteiger partial charge in [0.1, 0.15) is 11.5 Å². The maximum absolute atomic E-state index is 12.8. The molecule has 4 rings (SSSR count). The van der Waals surface area contributed by atoms with Crippen LogP contribution in [0.3, 0.4) is 0 Å². The van der Waals surface area contributed by atoms with Gasteiger partial charge in [-0.2, -0.15) is 0 Å². The maximum atomic E-state index is 12.8. The summed E-state index contributed by atoms with van der Waals surface area (Å²) >= 11 is 1.34. The number of sulfonamides is 1. The molecule has 9 nitrogen and oxygen atoms in total. The number of carbonyl (C=O) groups is 2. The molecule has 0 bridgehead atoms. The van der Waals surface area contributed by atoms with Gasteiger partial charge in [0, 0.05) is 10.9 Å². The Labute approximate surface area is 184 Å². The average molecular weight is 467 g/mol. The van der Waals surface area contributed by atoms with Crippen LogP contribution in [0, 0.1) is 0 Å². The van der Waals surface area contributed by atoms with E-state index in [0.29, 0.717) is 22.1 Å². The zero-order chi connectivity index (χ0) is 22.2. The standard InChI is InChI=1S/C20H22N2O7S2/c1-3-27-20(24)18-13-5-4-6-16(13)30-19(18)21-17(23)10-22(31(2,25)26)12-7-8-14-15(9-12)29-11-28-14/h7-9H,3-6,10-11H2,1-2H3,(H,21,23). The topological polar surface area (TPSA) is 111 Å². The summed E-state index contributed by atoms with van der Waals surface area (Å²) in [6.45, 7) is 1.54. The summed E-state index contributed by atoms with van der Waals surface area (Å²) in [6, 6.07) is 4.66. The minimum Gasteiger partial charge on any atom is -0.462 e. The third kappa shape index (κ3) is 4.33. The van der Waals surface area contributed by atoms with Gasteiger partial charge in [0.05, 0.1) is 24.1 Å². The second kappa shape index (κ2) is 8.39. The Morgan fingerprint density at radius 1 is 1.23 bits per heavy atom. The zero-order valence-corrected chi connectivity index (χ0v) is 18.7. The number of esters is 1. The number of nitrogens with one attached hydrogen (secondary N) is 1. The molecule has 1 N–H and O–H groups in total. The molecule has 2 heterocycles. The molecule has 31 heavy (non-hydrogen) atoms. The van der Waals surface area contributed by atoms with E-state index in [1.807, 2.05) is 0 Å². The van der Waals surface area contributed by atoms with Crippen molar-refractivity contribution in [1.82, 2.24) is 0 Å². The van der Waals surface area contributed by atoms with E-state index < -0.39 is 28.4 Å². The van der Waals surface area contributed by atoms with Gasteiger partial charge in [-0.25, -0.2) is 13.2 Å². The van der Waals surface area contributed by atoms with Gasteiger partial charge in [0.25, 0.3) is 0 Å². The molecule has 0 saturated heterocycles. The summed E-state index contributed by atoms with van der Waals surface area (Å²) < 4.78 is 41.5. The number of thiophene rings is 1. The third-order valence-electron chi connectivity index (χ3n) is 4.99. The Balaban J connectivity index is 1.58. The number of aryl methyl sites for hydroxylation is 1. The lowest BCUT2D eigenvalue weighted by molar-refractivity contribution is -0.114. The summed E-state index contributed by atoms with van der Waals surface area (Å²) in [5.41, 5.74) is 1.57. The smallest absolute Gasteiger partial charge is 0.341 e. The van der Waals surface area contributed by atoms with E-state index in [-0.39, 0.29) is 19.1 Å². The molecule has 0 fully saturated rings. The van der Waals surface area contributed by atoms with Crippen LogP contribution >= 0.6 is 11.3 Å². The van der Waals surface area contributed by atoms with Crippen LogP contribution in [0.1, 0.15) is 34.1 Å². The monoisotopic (exact) mass is 466 g/mol. The van der Waals surface area contributed by atoms with Crippen LogP contribution in [0.25, 0.3) is 0 Å². The molecule has 2 aromatic rings. The molecule has 0 spiro atoms. The molecule has 2 aliphatic rings. The van der Waals surface area contributed by atoms with E-state index in [1.165, 1.54) is 17.4 Å². The van der Waals surface area contributed by atoms with E-state index in [2.05, 4.69) is 5.32 Å². The number of nitrogens with zero attached hydrogens (tertiary/aromatic N) is 1. The Morgan fingerprint density at radius 2 is 2.00 bits per heavy atom. The molecular formula is C20H22N2O7S2. The predicted molar refractivity (Wildman–Crippen MR) is 116 cm³/mol. The molecule has 1 aromatic carbocycles. The zero-order valence-electron chi connectivity index (χ0n) is 17.1. The normalized spacial score (nSPS) is 14.3. The molecule has 1 aliphatic carbocycles. The lowest BCUT2D eigenvalue weighted by Crippen LogP contribution is -2.37. The summed E-state index contributed by atoms with van der Waals surface area (Å²) in [6.07, 6.45) is 3.57. The lowest BCUT2D eigenvalue weighted by atomic mass is 10.1. The second-order valence-electron chi connectivity index (χ2n) is 7.14. The summed E-state index contributed by atoms with van der Waals surface area (Å²) in [5, 5.41) is 3.12. The van der Waals surface area contributed by atoms with Gasteiger partial charge in [0.15, 0.2) is 11.5 Å². The van der Waals surface area contributed by atoms with Gasteiger partial charge in [-0.3, -0.25) is 9.10 Å². The minimum absolute atomic E-state index is 0.0534. The number of fused-ring (bicyclic) bond motifs is 2. The number of benzene rings is 1. The number of amides is 1. The van der Waals surface area contributed by atoms with E-state index >= 15 is 0 Å². The van der Waals surface area contributed by atoms with Gasteiger partial charge in [0.2, 0.25) is 22.7 Å². The van der Waals surface area contributed by atoms with E-state index in [4.69, 9.17) is 14.2 Å². The van der Waals surface area contributed by atoms with E-state index in [9.17, 15) is 18.0 Å². The van der Waals surface area contributed by atoms with Crippen LogP contribution < -0.4 is 19.1 Å². The van der Waals surface area contributed by atoms with Crippen molar-refractivity contribution in [1.29, 1.82) is 0 Å². The van der Waals surface area contributed by atoms with Crippen LogP contribution in [0.5, 0.6) is 11.5 Å². The Morgan fingerprint density at radius 3 is 2.74 bits per heavy atom. The SMILES string of the molecule is CCOC(=O)c1c(NC(=O)CN(c2ccc3c(c2)OCO3)S(C)(=O)=O)sc2c1CCC2. The Bertz CT molecular complexity index is 1140. The molecule has 0 unspecified atom stereocenters. The molecule has 1 aliphatic heterocycles. The van der Waals surface area contributed by atoms with E-state index in [1.54, 1.807) is 19.1 Å². The van der Waals surface area contributed by atoms with Gasteiger partial charge < -0.3 is 19.5 Å². The van der Waals surface area contributed by atoms with Crippen molar-refractivity contribution in [2.75, 3.05) is 35.8 Å². The van der Waals surface area contributed by atoms with Crippen LogP contribution in [0.4, 0.5) is 10.7 Å². The molecule has 0 saturated carbocycles. The van der Waals surface area contributed by atoms with Gasteiger partial charge in [-0.05, 0) is 43.9 Å². The summed E-state index contributed by atoms with van der Waals surface area (Å²) in [5.74, 6) is -0.124. The summed E-state index contributed by atoms with van der Waals surface area (Å²) in [7, 11) is -3.77. The number of ether oxygens (including phenoxy) is 3. The van der Waals surface area contributed by atoms with Crippen molar-refractivity contribution in [2.45, 2.75) is 26.2 Å². The first kappa shape index (κ1) is 21.4. The largest absolute Gasteiger partial charge is 0.462 e. The van der Waals surface area contributed by atoms with E-state index in [0.717, 1.165) is 40.3 Å². The number of hydrogen-bond donors (Lipinski definition) is 1. The van der Waals surface area contributed by atoms with Crippen molar-refractivity contribution in [2.24, 2.45) is 0 Å². The molecule has 11 heteroatoms. The van der Waals surface area contributed by atoms with Crippen molar-refractivity contribution in [3.63, 3.8) is 0 Å².